The number of pyridine rings is 1. The zero-order valence-electron chi connectivity index (χ0n) is 11.8. The molecule has 1 atom stereocenters. The highest BCUT2D eigenvalue weighted by Gasteiger charge is 2.19. The average molecular weight is 263 g/mol. The molecule has 0 saturated carbocycles. The Morgan fingerprint density at radius 3 is 2.89 bits per heavy atom. The van der Waals surface area contributed by atoms with E-state index >= 15 is 0 Å². The molecule has 19 heavy (non-hydrogen) atoms. The fourth-order valence-corrected chi connectivity index (χ4v) is 2.48. The van der Waals surface area contributed by atoms with Crippen molar-refractivity contribution in [3.63, 3.8) is 0 Å². The third-order valence-electron chi connectivity index (χ3n) is 3.78. The van der Waals surface area contributed by atoms with Gasteiger partial charge in [-0.05, 0) is 43.5 Å². The zero-order valence-corrected chi connectivity index (χ0v) is 11.8. The Hall–Kier alpha value is -0.970. The molecule has 1 saturated heterocycles. The molecule has 0 aliphatic carbocycles. The quantitative estimate of drug-likeness (QED) is 0.811. The van der Waals surface area contributed by atoms with Crippen molar-refractivity contribution in [2.24, 2.45) is 5.92 Å². The molecule has 0 bridgehead atoms. The first kappa shape index (κ1) is 14.4. The molecule has 0 amide bonds. The van der Waals surface area contributed by atoms with Crippen LogP contribution in [0.5, 0.6) is 0 Å². The van der Waals surface area contributed by atoms with Crippen LogP contribution in [0.25, 0.3) is 0 Å². The normalized spacial score (nSPS) is 19.5. The number of aromatic nitrogens is 1. The summed E-state index contributed by atoms with van der Waals surface area (Å²) in [7, 11) is 0. The van der Waals surface area contributed by atoms with Gasteiger partial charge in [0.05, 0.1) is 0 Å². The summed E-state index contributed by atoms with van der Waals surface area (Å²) < 4.78 is 0. The van der Waals surface area contributed by atoms with Crippen molar-refractivity contribution in [3.8, 4) is 0 Å². The lowest BCUT2D eigenvalue weighted by Gasteiger charge is -2.32. The van der Waals surface area contributed by atoms with E-state index in [1.54, 1.807) is 0 Å². The highest BCUT2D eigenvalue weighted by atomic mass is 16.3. The number of nitrogens with one attached hydrogen (secondary N) is 1. The minimum atomic E-state index is 0.271. The lowest BCUT2D eigenvalue weighted by atomic mass is 10.0. The van der Waals surface area contributed by atoms with Crippen LogP contribution < -0.4 is 5.32 Å². The number of nitrogens with zero attached hydrogens (tertiary/aromatic N) is 2. The molecule has 0 radical (unpaired) electrons. The fraction of sp³-hybridized carbons (Fsp3) is 0.667. The number of aliphatic hydroxyl groups is 1. The van der Waals surface area contributed by atoms with E-state index in [4.69, 9.17) is 5.11 Å². The minimum absolute atomic E-state index is 0.271. The van der Waals surface area contributed by atoms with Crippen LogP contribution >= 0.6 is 0 Å². The Kier molecular flexibility index (Phi) is 5.76. The van der Waals surface area contributed by atoms with E-state index in [-0.39, 0.29) is 6.61 Å². The number of rotatable bonds is 6. The Morgan fingerprint density at radius 2 is 2.26 bits per heavy atom. The van der Waals surface area contributed by atoms with Gasteiger partial charge in [-0.3, -0.25) is 9.88 Å². The Morgan fingerprint density at radius 1 is 1.47 bits per heavy atom. The molecular formula is C15H25N3O. The molecule has 1 fully saturated rings. The number of aliphatic hydroxyl groups excluding tert-OH is 1. The molecule has 2 heterocycles. The molecule has 4 heteroatoms. The third kappa shape index (κ3) is 4.90. The van der Waals surface area contributed by atoms with E-state index in [1.807, 2.05) is 18.5 Å². The maximum absolute atomic E-state index is 9.02. The van der Waals surface area contributed by atoms with Gasteiger partial charge >= 0.3 is 0 Å². The molecule has 2 N–H and O–H groups in total. The summed E-state index contributed by atoms with van der Waals surface area (Å²) in [5.74, 6) is 0.355. The van der Waals surface area contributed by atoms with Gasteiger partial charge in [0, 0.05) is 38.1 Å². The summed E-state index contributed by atoms with van der Waals surface area (Å²) in [6.45, 7) is 6.55. The summed E-state index contributed by atoms with van der Waals surface area (Å²) in [5.41, 5.74) is 1.29. The van der Waals surface area contributed by atoms with E-state index in [9.17, 15) is 0 Å². The molecule has 2 rings (SSSR count). The van der Waals surface area contributed by atoms with Crippen molar-refractivity contribution in [2.45, 2.75) is 32.4 Å². The van der Waals surface area contributed by atoms with Crippen molar-refractivity contribution in [2.75, 3.05) is 26.2 Å². The number of piperidine rings is 1. The average Bonchev–Trinajstić information content (AvgIpc) is 2.47. The van der Waals surface area contributed by atoms with Crippen LogP contribution in [-0.2, 0) is 6.54 Å². The van der Waals surface area contributed by atoms with Crippen LogP contribution in [0.3, 0.4) is 0 Å². The maximum atomic E-state index is 9.02. The number of hydrogen-bond donors (Lipinski definition) is 2. The standard InChI is InChI=1S/C15H25N3O/c1-13(12-19)9-17-15-4-7-18(8-5-15)11-14-3-2-6-16-10-14/h2-3,6,10,13,15,17,19H,4-5,7-9,11-12H2,1H3. The molecule has 0 aromatic carbocycles. The lowest BCUT2D eigenvalue weighted by Crippen LogP contribution is -2.43. The van der Waals surface area contributed by atoms with Crippen LogP contribution in [0.1, 0.15) is 25.3 Å². The zero-order chi connectivity index (χ0) is 13.5. The fourth-order valence-electron chi connectivity index (χ4n) is 2.48. The molecule has 106 valence electrons. The Balaban J connectivity index is 1.68. The first-order valence-corrected chi connectivity index (χ1v) is 7.23. The number of hydrogen-bond acceptors (Lipinski definition) is 4. The minimum Gasteiger partial charge on any atom is -0.396 e. The molecule has 0 spiro atoms. The van der Waals surface area contributed by atoms with Gasteiger partial charge < -0.3 is 10.4 Å². The lowest BCUT2D eigenvalue weighted by molar-refractivity contribution is 0.179. The number of likely N-dealkylation sites (tertiary alicyclic amines) is 1. The molecule has 1 aromatic heterocycles. The van der Waals surface area contributed by atoms with E-state index < -0.39 is 0 Å². The van der Waals surface area contributed by atoms with Crippen molar-refractivity contribution >= 4 is 0 Å². The van der Waals surface area contributed by atoms with E-state index in [2.05, 4.69) is 28.2 Å². The summed E-state index contributed by atoms with van der Waals surface area (Å²) >= 11 is 0. The summed E-state index contributed by atoms with van der Waals surface area (Å²) in [6.07, 6.45) is 6.16. The molecule has 1 unspecified atom stereocenters. The molecule has 4 nitrogen and oxygen atoms in total. The van der Waals surface area contributed by atoms with E-state index in [0.29, 0.717) is 12.0 Å². The molecular weight excluding hydrogens is 238 g/mol. The van der Waals surface area contributed by atoms with Gasteiger partial charge in [-0.1, -0.05) is 13.0 Å². The highest BCUT2D eigenvalue weighted by molar-refractivity contribution is 5.08. The van der Waals surface area contributed by atoms with E-state index in [1.165, 1.54) is 18.4 Å². The van der Waals surface area contributed by atoms with Crippen molar-refractivity contribution in [1.29, 1.82) is 0 Å². The first-order chi connectivity index (χ1) is 9.28. The van der Waals surface area contributed by atoms with Crippen LogP contribution in [0.2, 0.25) is 0 Å². The maximum Gasteiger partial charge on any atom is 0.0468 e. The Bertz CT molecular complexity index is 350. The largest absolute Gasteiger partial charge is 0.396 e. The highest BCUT2D eigenvalue weighted by Crippen LogP contribution is 2.13. The second-order valence-electron chi connectivity index (χ2n) is 5.61. The second kappa shape index (κ2) is 7.58. The molecule has 1 aliphatic heterocycles. The predicted molar refractivity (Wildman–Crippen MR) is 76.8 cm³/mol. The van der Waals surface area contributed by atoms with Crippen LogP contribution in [-0.4, -0.2) is 47.3 Å². The third-order valence-corrected chi connectivity index (χ3v) is 3.78. The molecule has 1 aromatic rings. The summed E-state index contributed by atoms with van der Waals surface area (Å²) in [6, 6.07) is 4.75. The summed E-state index contributed by atoms with van der Waals surface area (Å²) in [4.78, 5) is 6.65. The van der Waals surface area contributed by atoms with Crippen LogP contribution in [0.4, 0.5) is 0 Å². The van der Waals surface area contributed by atoms with Crippen LogP contribution in [0.15, 0.2) is 24.5 Å². The van der Waals surface area contributed by atoms with Gasteiger partial charge in [-0.2, -0.15) is 0 Å². The van der Waals surface area contributed by atoms with Crippen molar-refractivity contribution < 1.29 is 5.11 Å². The van der Waals surface area contributed by atoms with Gasteiger partial charge in [0.2, 0.25) is 0 Å². The topological polar surface area (TPSA) is 48.4 Å². The van der Waals surface area contributed by atoms with Gasteiger partial charge in [-0.15, -0.1) is 0 Å². The van der Waals surface area contributed by atoms with Gasteiger partial charge in [-0.25, -0.2) is 0 Å². The van der Waals surface area contributed by atoms with E-state index in [0.717, 1.165) is 26.2 Å². The van der Waals surface area contributed by atoms with Gasteiger partial charge in [0.25, 0.3) is 0 Å². The predicted octanol–water partition coefficient (Wildman–Crippen LogP) is 1.26. The second-order valence-corrected chi connectivity index (χ2v) is 5.61. The smallest absolute Gasteiger partial charge is 0.0468 e. The van der Waals surface area contributed by atoms with Crippen LogP contribution in [0, 0.1) is 5.92 Å². The van der Waals surface area contributed by atoms with Gasteiger partial charge in [0.15, 0.2) is 0 Å². The first-order valence-electron chi connectivity index (χ1n) is 7.23. The Labute approximate surface area is 115 Å². The van der Waals surface area contributed by atoms with Gasteiger partial charge in [0.1, 0.15) is 0 Å². The van der Waals surface area contributed by atoms with Crippen molar-refractivity contribution in [1.82, 2.24) is 15.2 Å². The summed E-state index contributed by atoms with van der Waals surface area (Å²) in [5, 5.41) is 12.6. The molecule has 1 aliphatic rings. The SMILES string of the molecule is CC(CO)CNC1CCN(Cc2cccnc2)CC1. The van der Waals surface area contributed by atoms with Crippen molar-refractivity contribution in [3.05, 3.63) is 30.1 Å². The monoisotopic (exact) mass is 263 g/mol.